The lowest BCUT2D eigenvalue weighted by Crippen LogP contribution is -2.65. The molecule has 2 amide bonds. The van der Waals surface area contributed by atoms with E-state index >= 15 is 4.39 Å². The number of benzene rings is 1. The molecule has 12 nitrogen and oxygen atoms in total. The molecule has 4 aliphatic rings. The van der Waals surface area contributed by atoms with Gasteiger partial charge in [-0.25, -0.2) is 4.39 Å². The summed E-state index contributed by atoms with van der Waals surface area (Å²) < 4.78 is 16.0. The number of nitrogens with two attached hydrogens (primary N) is 1. The first-order valence-electron chi connectivity index (χ1n) is 13.4. The molecule has 1 aromatic rings. The van der Waals surface area contributed by atoms with Gasteiger partial charge in [-0.1, -0.05) is 0 Å². The molecule has 1 aliphatic heterocycles. The number of amides is 2. The van der Waals surface area contributed by atoms with Crippen molar-refractivity contribution in [3.05, 3.63) is 45.5 Å². The monoisotopic (exact) mass is 644 g/mol. The number of carbonyl (C=O) groups is 4. The van der Waals surface area contributed by atoms with Crippen LogP contribution in [-0.2, 0) is 32.1 Å². The van der Waals surface area contributed by atoms with Gasteiger partial charge in [0.15, 0.2) is 11.4 Å². The number of rotatable bonds is 4. The first kappa shape index (κ1) is 34.3. The third kappa shape index (κ3) is 5.16. The zero-order chi connectivity index (χ0) is 30.1. The summed E-state index contributed by atoms with van der Waals surface area (Å²) in [7, 11) is 3.02. The van der Waals surface area contributed by atoms with Crippen molar-refractivity contribution in [1.29, 1.82) is 0 Å². The van der Waals surface area contributed by atoms with E-state index in [1.165, 1.54) is 32.0 Å². The fourth-order valence-corrected chi connectivity index (χ4v) is 6.92. The normalized spacial score (nSPS) is 27.2. The number of aromatic hydroxyl groups is 1. The maximum absolute atomic E-state index is 16.0. The number of hydrogen-bond donors (Lipinski definition) is 5. The van der Waals surface area contributed by atoms with E-state index in [-0.39, 0.29) is 72.4 Å². The van der Waals surface area contributed by atoms with Gasteiger partial charge in [-0.05, 0) is 38.9 Å². The van der Waals surface area contributed by atoms with Gasteiger partial charge in [-0.15, -0.1) is 24.8 Å². The molecule has 6 N–H and O–H groups in total. The zero-order valence-electron chi connectivity index (χ0n) is 23.8. The highest BCUT2D eigenvalue weighted by Gasteiger charge is 2.64. The zero-order valence-corrected chi connectivity index (χ0v) is 25.4. The first-order chi connectivity index (χ1) is 19.2. The Balaban J connectivity index is 0.00000253. The molecule has 1 saturated heterocycles. The van der Waals surface area contributed by atoms with Crippen LogP contribution in [-0.4, -0.2) is 110 Å². The maximum Gasteiger partial charge on any atom is 0.255 e. The molecule has 1 aromatic carbocycles. The quantitative estimate of drug-likeness (QED) is 0.291. The fraction of sp³-hybridized carbons (Fsp3) is 0.500. The van der Waals surface area contributed by atoms with Crippen molar-refractivity contribution in [2.45, 2.75) is 38.0 Å². The van der Waals surface area contributed by atoms with Crippen molar-refractivity contribution in [3.63, 3.8) is 0 Å². The molecule has 0 unspecified atom stereocenters. The van der Waals surface area contributed by atoms with Crippen LogP contribution >= 0.6 is 24.8 Å². The predicted molar refractivity (Wildman–Crippen MR) is 156 cm³/mol. The third-order valence-corrected chi connectivity index (χ3v) is 8.94. The number of nitrogens with zero attached hydrogens (tertiary/aromatic N) is 3. The average molecular weight is 646 g/mol. The molecule has 0 spiro atoms. The number of Topliss-reactive ketones (excluding diaryl/α,β-unsaturated/α-hetero) is 2. The van der Waals surface area contributed by atoms with Crippen molar-refractivity contribution >= 4 is 54.0 Å². The Labute approximate surface area is 259 Å². The second kappa shape index (κ2) is 12.0. The number of piperazine rings is 1. The van der Waals surface area contributed by atoms with E-state index in [0.29, 0.717) is 26.2 Å². The lowest BCUT2D eigenvalue weighted by molar-refractivity contribution is -0.153. The van der Waals surface area contributed by atoms with Crippen molar-refractivity contribution in [1.82, 2.24) is 14.7 Å². The minimum Gasteiger partial charge on any atom is -0.508 e. The second-order valence-electron chi connectivity index (χ2n) is 11.5. The number of carbonyl (C=O) groups excluding carboxylic acids is 4. The summed E-state index contributed by atoms with van der Waals surface area (Å²) in [5, 5.41) is 44.6. The minimum atomic E-state index is -2.75. The van der Waals surface area contributed by atoms with Gasteiger partial charge in [0.25, 0.3) is 5.91 Å². The number of primary amides is 1. The Morgan fingerprint density at radius 3 is 2.26 bits per heavy atom. The van der Waals surface area contributed by atoms with E-state index in [4.69, 9.17) is 5.73 Å². The molecular weight excluding hydrogens is 610 g/mol. The average Bonchev–Trinajstić information content (AvgIpc) is 2.89. The van der Waals surface area contributed by atoms with E-state index in [2.05, 4.69) is 0 Å². The molecule has 4 atom stereocenters. The van der Waals surface area contributed by atoms with Gasteiger partial charge >= 0.3 is 0 Å². The molecule has 0 bridgehead atoms. The van der Waals surface area contributed by atoms with Crippen LogP contribution in [0.5, 0.6) is 5.75 Å². The molecule has 0 radical (unpaired) electrons. The Morgan fingerprint density at radius 1 is 1.12 bits per heavy atom. The largest absolute Gasteiger partial charge is 0.508 e. The Hall–Kier alpha value is -3.23. The molecule has 1 saturated carbocycles. The Morgan fingerprint density at radius 2 is 1.72 bits per heavy atom. The third-order valence-electron chi connectivity index (χ3n) is 8.94. The molecule has 1 heterocycles. The number of fused-ring (bicyclic) bond motifs is 3. The van der Waals surface area contributed by atoms with Crippen LogP contribution < -0.4 is 5.73 Å². The lowest BCUT2D eigenvalue weighted by Gasteiger charge is -2.50. The SMILES string of the molecule is CC(=O)N1CCN(Cc2cc(O)c3c(c2F)C[C@H]2C[C@H]4[C@H](N(C)C)C(=O)C(C(N)=O)=C(O)[C@@]4(O)C(=O)C2=C3O)CC1.Cl.Cl. The highest BCUT2D eigenvalue weighted by molar-refractivity contribution is 6.24. The molecule has 43 heavy (non-hydrogen) atoms. The smallest absolute Gasteiger partial charge is 0.255 e. The summed E-state index contributed by atoms with van der Waals surface area (Å²) in [4.78, 5) is 55.7. The van der Waals surface area contributed by atoms with Gasteiger partial charge in [0.05, 0.1) is 11.6 Å². The van der Waals surface area contributed by atoms with Crippen LogP contribution in [0, 0.1) is 17.7 Å². The van der Waals surface area contributed by atoms with Crippen LogP contribution in [0.1, 0.15) is 30.0 Å². The summed E-state index contributed by atoms with van der Waals surface area (Å²) in [6.45, 7) is 3.62. The summed E-state index contributed by atoms with van der Waals surface area (Å²) in [6, 6.07) is -0.0390. The van der Waals surface area contributed by atoms with Gasteiger partial charge in [0.1, 0.15) is 28.7 Å². The van der Waals surface area contributed by atoms with E-state index in [0.717, 1.165) is 0 Å². The van der Waals surface area contributed by atoms with E-state index in [1.54, 1.807) is 4.90 Å². The molecule has 236 valence electrons. The Kier molecular flexibility index (Phi) is 9.60. The van der Waals surface area contributed by atoms with Gasteiger partial charge in [0, 0.05) is 62.3 Å². The van der Waals surface area contributed by atoms with Gasteiger partial charge < -0.3 is 31.1 Å². The maximum atomic E-state index is 16.0. The van der Waals surface area contributed by atoms with Gasteiger partial charge in [-0.3, -0.25) is 29.0 Å². The van der Waals surface area contributed by atoms with E-state index < -0.39 is 69.6 Å². The standard InChI is InChI=1S/C28H33FN4O8.2ClH/c1-12(34)33-6-4-32(5-7-33)11-14-10-17(35)19-15(21(14)29)8-13-9-16-22(31(2)3)24(37)20(27(30)40)26(39)28(16,41)25(38)18(13)23(19)36;;/h10,13,16,22,35-36,39,41H,4-9,11H2,1-3H3,(H2,30,40);2*1H/t13-,16-,22-,28-;;/m0../s1. The summed E-state index contributed by atoms with van der Waals surface area (Å²) in [6.07, 6.45) is -0.247. The van der Waals surface area contributed by atoms with Crippen molar-refractivity contribution in [2.24, 2.45) is 17.6 Å². The number of aliphatic hydroxyl groups is 3. The molecule has 5 rings (SSSR count). The van der Waals surface area contributed by atoms with Crippen LogP contribution in [0.15, 0.2) is 23.0 Å². The molecule has 2 fully saturated rings. The number of phenolic OH excluding ortho intramolecular Hbond substituents is 1. The molecule has 15 heteroatoms. The minimum absolute atomic E-state index is 0. The first-order valence-corrected chi connectivity index (χ1v) is 13.4. The number of halogens is 3. The predicted octanol–water partition coefficient (Wildman–Crippen LogP) is 0.611. The highest BCUT2D eigenvalue weighted by atomic mass is 35.5. The van der Waals surface area contributed by atoms with Crippen molar-refractivity contribution < 1.29 is 44.0 Å². The summed E-state index contributed by atoms with van der Waals surface area (Å²) in [5.74, 6) is -8.50. The van der Waals surface area contributed by atoms with Crippen LogP contribution in [0.3, 0.4) is 0 Å². The topological polar surface area (TPSA) is 185 Å². The van der Waals surface area contributed by atoms with Crippen molar-refractivity contribution in [2.75, 3.05) is 40.3 Å². The van der Waals surface area contributed by atoms with Gasteiger partial charge in [-0.2, -0.15) is 0 Å². The molecular formula is C28H35Cl2FN4O8. The van der Waals surface area contributed by atoms with Crippen LogP contribution in [0.25, 0.3) is 5.76 Å². The number of ketones is 2. The highest BCUT2D eigenvalue weighted by Crippen LogP contribution is 2.53. The van der Waals surface area contributed by atoms with Gasteiger partial charge in [0.2, 0.25) is 11.7 Å². The second-order valence-corrected chi connectivity index (χ2v) is 11.5. The molecule has 0 aromatic heterocycles. The summed E-state index contributed by atoms with van der Waals surface area (Å²) in [5.41, 5.74) is 1.23. The number of aliphatic hydroxyl groups excluding tert-OH is 2. The van der Waals surface area contributed by atoms with Crippen LogP contribution in [0.2, 0.25) is 0 Å². The van der Waals surface area contributed by atoms with E-state index in [9.17, 15) is 39.6 Å². The fourth-order valence-electron chi connectivity index (χ4n) is 6.92. The van der Waals surface area contributed by atoms with Crippen LogP contribution in [0.4, 0.5) is 4.39 Å². The summed E-state index contributed by atoms with van der Waals surface area (Å²) >= 11 is 0. The lowest BCUT2D eigenvalue weighted by atomic mass is 9.57. The number of likely N-dealkylation sites (N-methyl/N-ethyl adjacent to an activating group) is 1. The van der Waals surface area contributed by atoms with E-state index in [1.807, 2.05) is 4.90 Å². The Bertz CT molecular complexity index is 1460. The number of hydrogen-bond acceptors (Lipinski definition) is 10. The number of phenols is 1. The molecule has 3 aliphatic carbocycles. The van der Waals surface area contributed by atoms with Crippen molar-refractivity contribution in [3.8, 4) is 5.75 Å².